The number of hydrogen-bond acceptors (Lipinski definition) is 2. The highest BCUT2D eigenvalue weighted by Gasteiger charge is 2.00. The van der Waals surface area contributed by atoms with Gasteiger partial charge in [-0.05, 0) is 47.9 Å². The van der Waals surface area contributed by atoms with Crippen molar-refractivity contribution < 1.29 is 0 Å². The summed E-state index contributed by atoms with van der Waals surface area (Å²) >= 11 is 6.03. The van der Waals surface area contributed by atoms with E-state index in [2.05, 4.69) is 11.5 Å². The predicted molar refractivity (Wildman–Crippen MR) is 69.4 cm³/mol. The van der Waals surface area contributed by atoms with Gasteiger partial charge >= 0.3 is 0 Å². The molecule has 0 saturated carbocycles. The highest BCUT2D eigenvalue weighted by atomic mass is 35.5. The Labute approximate surface area is 100 Å². The van der Waals surface area contributed by atoms with Gasteiger partial charge in [-0.2, -0.15) is 0 Å². The van der Waals surface area contributed by atoms with E-state index in [0.717, 1.165) is 27.4 Å². The van der Waals surface area contributed by atoms with Crippen LogP contribution in [-0.2, 0) is 0 Å². The van der Waals surface area contributed by atoms with Crippen molar-refractivity contribution >= 4 is 17.3 Å². The molecule has 0 atom stereocenters. The van der Waals surface area contributed by atoms with E-state index in [-0.39, 0.29) is 0 Å². The first-order valence-corrected chi connectivity index (χ1v) is 5.41. The Bertz CT molecular complexity index is 472. The number of nitrogens with two attached hydrogens (primary N) is 1. The van der Waals surface area contributed by atoms with E-state index in [9.17, 15) is 0 Å². The zero-order valence-corrected chi connectivity index (χ0v) is 9.75. The Hall–Kier alpha value is -1.51. The molecule has 2 nitrogen and oxygen atoms in total. The van der Waals surface area contributed by atoms with Crippen molar-refractivity contribution in [1.29, 1.82) is 0 Å². The van der Waals surface area contributed by atoms with E-state index < -0.39 is 0 Å². The van der Waals surface area contributed by atoms with Crippen LogP contribution in [0.2, 0.25) is 5.02 Å². The highest BCUT2D eigenvalue weighted by molar-refractivity contribution is 6.30. The van der Waals surface area contributed by atoms with Crippen molar-refractivity contribution in [2.24, 2.45) is 5.84 Å². The third-order valence-corrected chi connectivity index (χ3v) is 2.65. The molecular formula is C13H13ClN2. The van der Waals surface area contributed by atoms with Crippen LogP contribution in [0.15, 0.2) is 42.5 Å². The summed E-state index contributed by atoms with van der Waals surface area (Å²) in [4.78, 5) is 0. The molecule has 82 valence electrons. The molecular weight excluding hydrogens is 220 g/mol. The van der Waals surface area contributed by atoms with Gasteiger partial charge in [0.25, 0.3) is 0 Å². The number of hydrogen-bond donors (Lipinski definition) is 2. The van der Waals surface area contributed by atoms with Crippen LogP contribution in [0.1, 0.15) is 5.56 Å². The van der Waals surface area contributed by atoms with Crippen LogP contribution in [0, 0.1) is 6.92 Å². The zero-order chi connectivity index (χ0) is 11.5. The third-order valence-electron chi connectivity index (χ3n) is 2.43. The molecule has 3 heteroatoms. The van der Waals surface area contributed by atoms with Crippen LogP contribution in [0.4, 0.5) is 5.69 Å². The van der Waals surface area contributed by atoms with Gasteiger partial charge in [0.2, 0.25) is 0 Å². The molecule has 0 bridgehead atoms. The first-order chi connectivity index (χ1) is 7.69. The minimum atomic E-state index is 0.760. The van der Waals surface area contributed by atoms with Crippen LogP contribution in [0.25, 0.3) is 11.1 Å². The first-order valence-electron chi connectivity index (χ1n) is 5.03. The summed E-state index contributed by atoms with van der Waals surface area (Å²) in [6.07, 6.45) is 0. The van der Waals surface area contributed by atoms with Gasteiger partial charge in [-0.25, -0.2) is 0 Å². The standard InChI is InChI=1S/C13H13ClN2/c1-9-6-11(8-12(14)7-9)10-2-4-13(16-15)5-3-10/h2-8,16H,15H2,1H3. The Kier molecular flexibility index (Phi) is 3.13. The minimum Gasteiger partial charge on any atom is -0.324 e. The van der Waals surface area contributed by atoms with Crippen LogP contribution in [-0.4, -0.2) is 0 Å². The van der Waals surface area contributed by atoms with Gasteiger partial charge in [-0.15, -0.1) is 0 Å². The van der Waals surface area contributed by atoms with E-state index in [1.54, 1.807) is 0 Å². The van der Waals surface area contributed by atoms with Crippen LogP contribution in [0.3, 0.4) is 0 Å². The molecule has 0 fully saturated rings. The van der Waals surface area contributed by atoms with Crippen molar-refractivity contribution in [3.63, 3.8) is 0 Å². The van der Waals surface area contributed by atoms with Gasteiger partial charge in [0.1, 0.15) is 0 Å². The van der Waals surface area contributed by atoms with Crippen molar-refractivity contribution in [3.8, 4) is 11.1 Å². The topological polar surface area (TPSA) is 38.0 Å². The number of benzene rings is 2. The highest BCUT2D eigenvalue weighted by Crippen LogP contribution is 2.25. The summed E-state index contributed by atoms with van der Waals surface area (Å²) in [7, 11) is 0. The number of aryl methyl sites for hydroxylation is 1. The van der Waals surface area contributed by atoms with Gasteiger partial charge in [-0.3, -0.25) is 5.84 Å². The fourth-order valence-corrected chi connectivity index (χ4v) is 1.95. The number of anilines is 1. The average molecular weight is 233 g/mol. The molecule has 2 aromatic rings. The lowest BCUT2D eigenvalue weighted by molar-refractivity contribution is 1.35. The van der Waals surface area contributed by atoms with E-state index >= 15 is 0 Å². The second-order valence-corrected chi connectivity index (χ2v) is 4.18. The fraction of sp³-hybridized carbons (Fsp3) is 0.0769. The molecule has 0 aliphatic rings. The summed E-state index contributed by atoms with van der Waals surface area (Å²) in [5, 5.41) is 0.760. The molecule has 0 aromatic heterocycles. The molecule has 0 unspecified atom stereocenters. The minimum absolute atomic E-state index is 0.760. The van der Waals surface area contributed by atoms with Crippen LogP contribution < -0.4 is 11.3 Å². The van der Waals surface area contributed by atoms with E-state index in [0.29, 0.717) is 0 Å². The molecule has 0 heterocycles. The largest absolute Gasteiger partial charge is 0.324 e. The monoisotopic (exact) mass is 232 g/mol. The van der Waals surface area contributed by atoms with Gasteiger partial charge < -0.3 is 5.43 Å². The second kappa shape index (κ2) is 4.56. The third kappa shape index (κ3) is 2.35. The molecule has 16 heavy (non-hydrogen) atoms. The molecule has 2 aromatic carbocycles. The van der Waals surface area contributed by atoms with Crippen molar-refractivity contribution in [3.05, 3.63) is 53.1 Å². The molecule has 0 spiro atoms. The van der Waals surface area contributed by atoms with Crippen molar-refractivity contribution in [2.75, 3.05) is 5.43 Å². The predicted octanol–water partition coefficient (Wildman–Crippen LogP) is 3.60. The van der Waals surface area contributed by atoms with Gasteiger partial charge in [-0.1, -0.05) is 29.8 Å². The molecule has 0 saturated heterocycles. The Morgan fingerprint density at radius 3 is 2.25 bits per heavy atom. The molecule has 0 radical (unpaired) electrons. The van der Waals surface area contributed by atoms with E-state index in [4.69, 9.17) is 17.4 Å². The summed E-state index contributed by atoms with van der Waals surface area (Å²) < 4.78 is 0. The maximum atomic E-state index is 6.03. The first kappa shape index (κ1) is 11.0. The summed E-state index contributed by atoms with van der Waals surface area (Å²) in [5.41, 5.74) is 6.90. The second-order valence-electron chi connectivity index (χ2n) is 3.74. The molecule has 0 aliphatic heterocycles. The normalized spacial score (nSPS) is 10.2. The number of halogens is 1. The number of nitrogens with one attached hydrogen (secondary N) is 1. The molecule has 0 aliphatic carbocycles. The lowest BCUT2D eigenvalue weighted by Gasteiger charge is -2.05. The Morgan fingerprint density at radius 2 is 1.69 bits per heavy atom. The van der Waals surface area contributed by atoms with Crippen LogP contribution >= 0.6 is 11.6 Å². The number of nitrogen functional groups attached to an aromatic ring is 1. The van der Waals surface area contributed by atoms with E-state index in [1.807, 2.05) is 43.3 Å². The van der Waals surface area contributed by atoms with Gasteiger partial charge in [0, 0.05) is 10.7 Å². The maximum Gasteiger partial charge on any atom is 0.0485 e. The summed E-state index contributed by atoms with van der Waals surface area (Å²) in [5.74, 6) is 5.32. The average Bonchev–Trinajstić information content (AvgIpc) is 2.28. The van der Waals surface area contributed by atoms with Crippen molar-refractivity contribution in [2.45, 2.75) is 6.92 Å². The molecule has 2 rings (SSSR count). The smallest absolute Gasteiger partial charge is 0.0485 e. The van der Waals surface area contributed by atoms with Gasteiger partial charge in [0.15, 0.2) is 0 Å². The van der Waals surface area contributed by atoms with Crippen molar-refractivity contribution in [1.82, 2.24) is 0 Å². The lowest BCUT2D eigenvalue weighted by atomic mass is 10.0. The number of hydrazine groups is 1. The zero-order valence-electron chi connectivity index (χ0n) is 9.00. The molecule has 3 N–H and O–H groups in total. The van der Waals surface area contributed by atoms with E-state index in [1.165, 1.54) is 0 Å². The fourth-order valence-electron chi connectivity index (χ4n) is 1.66. The summed E-state index contributed by atoms with van der Waals surface area (Å²) in [6, 6.07) is 13.9. The Balaban J connectivity index is 2.42. The number of rotatable bonds is 2. The van der Waals surface area contributed by atoms with Gasteiger partial charge in [0.05, 0.1) is 0 Å². The summed E-state index contributed by atoms with van der Waals surface area (Å²) in [6.45, 7) is 2.03. The lowest BCUT2D eigenvalue weighted by Crippen LogP contribution is -2.05. The molecule has 0 amide bonds. The maximum absolute atomic E-state index is 6.03. The SMILES string of the molecule is Cc1cc(Cl)cc(-c2ccc(NN)cc2)c1. The quantitative estimate of drug-likeness (QED) is 0.613. The van der Waals surface area contributed by atoms with Crippen LogP contribution in [0.5, 0.6) is 0 Å². The Morgan fingerprint density at radius 1 is 1.00 bits per heavy atom.